The highest BCUT2D eigenvalue weighted by molar-refractivity contribution is 5.97. The van der Waals surface area contributed by atoms with E-state index in [-0.39, 0.29) is 17.9 Å². The first kappa shape index (κ1) is 19.2. The van der Waals surface area contributed by atoms with Crippen molar-refractivity contribution in [2.24, 2.45) is 10.7 Å². The van der Waals surface area contributed by atoms with Crippen molar-refractivity contribution in [1.82, 2.24) is 9.88 Å². The summed E-state index contributed by atoms with van der Waals surface area (Å²) in [5.74, 6) is 0.570. The maximum absolute atomic E-state index is 5.86. The Balaban J connectivity index is 0. The SMILES string of the molecule is CCN(CC)CCN=C(N)c1cccnc1.Cl.O. The second-order valence-electron chi connectivity index (χ2n) is 3.54. The number of likely N-dealkylation sites (N-methyl/N-ethyl adjacent to an activating group) is 1. The van der Waals surface area contributed by atoms with Gasteiger partial charge in [-0.1, -0.05) is 13.8 Å². The van der Waals surface area contributed by atoms with Crippen molar-refractivity contribution in [1.29, 1.82) is 0 Å². The molecule has 0 amide bonds. The molecule has 0 atom stereocenters. The molecule has 0 saturated heterocycles. The zero-order valence-electron chi connectivity index (χ0n) is 11.0. The standard InChI is InChI=1S/C12H20N4.ClH.H2O/c1-3-16(4-2)9-8-15-12(13)11-6-5-7-14-10-11;;/h5-7,10H,3-4,8-9H2,1-2H3,(H2,13,15);1H;1H2. The van der Waals surface area contributed by atoms with Crippen LogP contribution in [0.4, 0.5) is 0 Å². The summed E-state index contributed by atoms with van der Waals surface area (Å²) < 4.78 is 0. The molecule has 0 aliphatic rings. The molecule has 0 fully saturated rings. The number of rotatable bonds is 6. The van der Waals surface area contributed by atoms with E-state index in [9.17, 15) is 0 Å². The fourth-order valence-electron chi connectivity index (χ4n) is 1.46. The molecule has 5 nitrogen and oxygen atoms in total. The van der Waals surface area contributed by atoms with E-state index in [1.165, 1.54) is 0 Å². The van der Waals surface area contributed by atoms with Crippen molar-refractivity contribution in [3.63, 3.8) is 0 Å². The Bertz CT molecular complexity index is 328. The van der Waals surface area contributed by atoms with Gasteiger partial charge in [0.05, 0.1) is 6.54 Å². The van der Waals surface area contributed by atoms with Gasteiger partial charge in [0.15, 0.2) is 0 Å². The molecular formula is C12H23ClN4O. The molecule has 1 heterocycles. The summed E-state index contributed by atoms with van der Waals surface area (Å²) in [6.45, 7) is 8.10. The summed E-state index contributed by atoms with van der Waals surface area (Å²) in [6.07, 6.45) is 3.46. The van der Waals surface area contributed by atoms with E-state index in [4.69, 9.17) is 5.73 Å². The Labute approximate surface area is 115 Å². The van der Waals surface area contributed by atoms with E-state index in [1.54, 1.807) is 12.4 Å². The van der Waals surface area contributed by atoms with E-state index in [1.807, 2.05) is 12.1 Å². The van der Waals surface area contributed by atoms with Gasteiger partial charge in [-0.3, -0.25) is 9.98 Å². The number of nitrogens with zero attached hydrogens (tertiary/aromatic N) is 3. The topological polar surface area (TPSA) is 86.0 Å². The molecule has 18 heavy (non-hydrogen) atoms. The number of hydrogen-bond donors (Lipinski definition) is 1. The van der Waals surface area contributed by atoms with Gasteiger partial charge in [0, 0.05) is 24.5 Å². The van der Waals surface area contributed by atoms with Crippen molar-refractivity contribution < 1.29 is 5.48 Å². The average molecular weight is 275 g/mol. The summed E-state index contributed by atoms with van der Waals surface area (Å²) in [7, 11) is 0. The zero-order valence-corrected chi connectivity index (χ0v) is 11.8. The van der Waals surface area contributed by atoms with Gasteiger partial charge in [-0.05, 0) is 25.2 Å². The van der Waals surface area contributed by atoms with Crippen LogP contribution in [0.1, 0.15) is 19.4 Å². The summed E-state index contributed by atoms with van der Waals surface area (Å²) in [4.78, 5) is 10.7. The Kier molecular flexibility index (Phi) is 11.7. The lowest BCUT2D eigenvalue weighted by molar-refractivity contribution is 0.313. The normalized spacial score (nSPS) is 10.7. The van der Waals surface area contributed by atoms with Gasteiger partial charge in [-0.15, -0.1) is 12.4 Å². The molecule has 0 aliphatic heterocycles. The number of aliphatic imine (C=N–C) groups is 1. The van der Waals surface area contributed by atoms with Gasteiger partial charge in [-0.25, -0.2) is 0 Å². The molecule has 1 aromatic rings. The first-order valence-electron chi connectivity index (χ1n) is 5.70. The highest BCUT2D eigenvalue weighted by atomic mass is 35.5. The Morgan fingerprint density at radius 1 is 1.39 bits per heavy atom. The van der Waals surface area contributed by atoms with E-state index in [2.05, 4.69) is 28.7 Å². The fraction of sp³-hybridized carbons (Fsp3) is 0.500. The Hall–Kier alpha value is -1.17. The molecule has 0 radical (unpaired) electrons. The molecule has 6 heteroatoms. The minimum atomic E-state index is 0. The molecule has 0 spiro atoms. The minimum Gasteiger partial charge on any atom is -0.412 e. The monoisotopic (exact) mass is 274 g/mol. The molecule has 4 N–H and O–H groups in total. The van der Waals surface area contributed by atoms with Crippen molar-refractivity contribution in [2.45, 2.75) is 13.8 Å². The number of nitrogens with two attached hydrogens (primary N) is 1. The molecule has 0 aromatic carbocycles. The van der Waals surface area contributed by atoms with Crippen molar-refractivity contribution in [3.8, 4) is 0 Å². The predicted molar refractivity (Wildman–Crippen MR) is 78.5 cm³/mol. The van der Waals surface area contributed by atoms with Gasteiger partial charge in [0.2, 0.25) is 0 Å². The van der Waals surface area contributed by atoms with Crippen LogP contribution in [0, 0.1) is 0 Å². The number of halogens is 1. The molecule has 1 aromatic heterocycles. The van der Waals surface area contributed by atoms with Crippen LogP contribution < -0.4 is 5.73 Å². The van der Waals surface area contributed by atoms with Crippen LogP contribution in [-0.2, 0) is 0 Å². The third-order valence-corrected chi connectivity index (χ3v) is 2.55. The second kappa shape index (κ2) is 11.0. The largest absolute Gasteiger partial charge is 0.412 e. The molecule has 0 unspecified atom stereocenters. The highest BCUT2D eigenvalue weighted by Crippen LogP contribution is 1.95. The van der Waals surface area contributed by atoms with Crippen molar-refractivity contribution in [3.05, 3.63) is 30.1 Å². The van der Waals surface area contributed by atoms with Crippen LogP contribution in [0.15, 0.2) is 29.5 Å². The average Bonchev–Trinajstić information content (AvgIpc) is 2.35. The lowest BCUT2D eigenvalue weighted by atomic mass is 10.3. The minimum absolute atomic E-state index is 0. The number of hydrogen-bond acceptors (Lipinski definition) is 3. The Morgan fingerprint density at radius 2 is 2.06 bits per heavy atom. The van der Waals surface area contributed by atoms with Gasteiger partial charge >= 0.3 is 0 Å². The van der Waals surface area contributed by atoms with Crippen LogP contribution in [0.2, 0.25) is 0 Å². The van der Waals surface area contributed by atoms with Gasteiger partial charge in [-0.2, -0.15) is 0 Å². The fourth-order valence-corrected chi connectivity index (χ4v) is 1.46. The van der Waals surface area contributed by atoms with Crippen LogP contribution in [0.25, 0.3) is 0 Å². The molecule has 1 rings (SSSR count). The van der Waals surface area contributed by atoms with Gasteiger partial charge in [0.1, 0.15) is 5.84 Å². The molecule has 0 saturated carbocycles. The van der Waals surface area contributed by atoms with Crippen LogP contribution >= 0.6 is 12.4 Å². The number of pyridine rings is 1. The van der Waals surface area contributed by atoms with Crippen LogP contribution in [-0.4, -0.2) is 47.4 Å². The summed E-state index contributed by atoms with van der Waals surface area (Å²) in [6, 6.07) is 3.78. The quantitative estimate of drug-likeness (QED) is 0.613. The van der Waals surface area contributed by atoms with Gasteiger partial charge < -0.3 is 16.1 Å². The van der Waals surface area contributed by atoms with E-state index in [0.717, 1.165) is 31.7 Å². The first-order valence-corrected chi connectivity index (χ1v) is 5.70. The maximum Gasteiger partial charge on any atom is 0.127 e. The molecule has 0 aliphatic carbocycles. The van der Waals surface area contributed by atoms with E-state index in [0.29, 0.717) is 5.84 Å². The van der Waals surface area contributed by atoms with Crippen molar-refractivity contribution in [2.75, 3.05) is 26.2 Å². The third kappa shape index (κ3) is 6.54. The molecular weight excluding hydrogens is 252 g/mol. The second-order valence-corrected chi connectivity index (χ2v) is 3.54. The maximum atomic E-state index is 5.86. The lowest BCUT2D eigenvalue weighted by Gasteiger charge is -2.16. The third-order valence-electron chi connectivity index (χ3n) is 2.55. The lowest BCUT2D eigenvalue weighted by Crippen LogP contribution is -2.26. The summed E-state index contributed by atoms with van der Waals surface area (Å²) >= 11 is 0. The Morgan fingerprint density at radius 3 is 2.56 bits per heavy atom. The predicted octanol–water partition coefficient (Wildman–Crippen LogP) is 0.726. The smallest absolute Gasteiger partial charge is 0.127 e. The number of amidine groups is 1. The van der Waals surface area contributed by atoms with E-state index >= 15 is 0 Å². The van der Waals surface area contributed by atoms with Crippen LogP contribution in [0.5, 0.6) is 0 Å². The highest BCUT2D eigenvalue weighted by Gasteiger charge is 1.99. The summed E-state index contributed by atoms with van der Waals surface area (Å²) in [5, 5.41) is 0. The van der Waals surface area contributed by atoms with E-state index < -0.39 is 0 Å². The molecule has 104 valence electrons. The zero-order chi connectivity index (χ0) is 11.8. The summed E-state index contributed by atoms with van der Waals surface area (Å²) in [5.41, 5.74) is 6.75. The molecule has 0 bridgehead atoms. The van der Waals surface area contributed by atoms with Crippen LogP contribution in [0.3, 0.4) is 0 Å². The first-order chi connectivity index (χ1) is 7.77. The van der Waals surface area contributed by atoms with Crippen molar-refractivity contribution >= 4 is 18.2 Å². The number of aromatic nitrogens is 1. The van der Waals surface area contributed by atoms with Gasteiger partial charge in [0.25, 0.3) is 0 Å².